The fourth-order valence-corrected chi connectivity index (χ4v) is 2.87. The molecule has 2 aromatic carbocycles. The third-order valence-corrected chi connectivity index (χ3v) is 4.33. The first kappa shape index (κ1) is 19.6. The molecule has 1 N–H and O–H groups in total. The van der Waals surface area contributed by atoms with Gasteiger partial charge in [-0.1, -0.05) is 18.2 Å². The molecule has 1 saturated heterocycles. The lowest BCUT2D eigenvalue weighted by atomic mass is 10.1. The molecule has 1 aliphatic rings. The summed E-state index contributed by atoms with van der Waals surface area (Å²) in [7, 11) is 0. The van der Waals surface area contributed by atoms with Crippen molar-refractivity contribution in [3.8, 4) is 5.75 Å². The summed E-state index contributed by atoms with van der Waals surface area (Å²) in [6.45, 7) is 0. The van der Waals surface area contributed by atoms with E-state index in [1.165, 1.54) is 24.5 Å². The van der Waals surface area contributed by atoms with E-state index in [2.05, 4.69) is 5.43 Å². The standard InChI is InChI=1S/C21H13N3O7/c25-19-16(20(26)23(22-19)14-5-2-1-3-6-14)12-13-11-15(24(28)29)8-9-17(13)31-21(27)18-7-4-10-30-18/h1-12H,(H,22,25)/b16-12-. The third-order valence-electron chi connectivity index (χ3n) is 4.33. The van der Waals surface area contributed by atoms with E-state index >= 15 is 0 Å². The second-order valence-electron chi connectivity index (χ2n) is 6.32. The van der Waals surface area contributed by atoms with Crippen molar-refractivity contribution in [2.45, 2.75) is 0 Å². The predicted octanol–water partition coefficient (Wildman–Crippen LogP) is 2.87. The van der Waals surface area contributed by atoms with Gasteiger partial charge in [0.05, 0.1) is 16.9 Å². The van der Waals surface area contributed by atoms with Crippen LogP contribution >= 0.6 is 0 Å². The lowest BCUT2D eigenvalue weighted by molar-refractivity contribution is -0.384. The molecular weight excluding hydrogens is 406 g/mol. The number of nitro benzene ring substituents is 1. The number of anilines is 1. The van der Waals surface area contributed by atoms with Crippen LogP contribution in [0.2, 0.25) is 0 Å². The molecule has 1 fully saturated rings. The molecule has 0 spiro atoms. The summed E-state index contributed by atoms with van der Waals surface area (Å²) in [5.74, 6) is -2.37. The van der Waals surface area contributed by atoms with Crippen molar-refractivity contribution in [2.75, 3.05) is 5.01 Å². The van der Waals surface area contributed by atoms with Gasteiger partial charge in [-0.15, -0.1) is 0 Å². The molecule has 0 aliphatic carbocycles. The number of para-hydroxylation sites is 1. The normalized spacial score (nSPS) is 14.6. The number of hydrogen-bond donors (Lipinski definition) is 1. The first-order chi connectivity index (χ1) is 14.9. The summed E-state index contributed by atoms with van der Waals surface area (Å²) < 4.78 is 10.2. The van der Waals surface area contributed by atoms with E-state index in [1.54, 1.807) is 30.3 Å². The highest BCUT2D eigenvalue weighted by Gasteiger charge is 2.34. The summed E-state index contributed by atoms with van der Waals surface area (Å²) in [4.78, 5) is 48.0. The van der Waals surface area contributed by atoms with Crippen LogP contribution in [0, 0.1) is 10.1 Å². The van der Waals surface area contributed by atoms with Crippen LogP contribution in [0.25, 0.3) is 6.08 Å². The van der Waals surface area contributed by atoms with Crippen LogP contribution in [0.1, 0.15) is 16.1 Å². The number of hydrazine groups is 1. The summed E-state index contributed by atoms with van der Waals surface area (Å²) in [5.41, 5.74) is 2.28. The van der Waals surface area contributed by atoms with Crippen LogP contribution in [0.4, 0.5) is 11.4 Å². The Morgan fingerprint density at radius 2 is 1.87 bits per heavy atom. The molecule has 10 nitrogen and oxygen atoms in total. The maximum absolute atomic E-state index is 12.8. The van der Waals surface area contributed by atoms with Crippen LogP contribution in [0.3, 0.4) is 0 Å². The van der Waals surface area contributed by atoms with Crippen LogP contribution < -0.4 is 15.2 Å². The average molecular weight is 419 g/mol. The molecule has 10 heteroatoms. The van der Waals surface area contributed by atoms with Gasteiger partial charge in [0.15, 0.2) is 0 Å². The quantitative estimate of drug-likeness (QED) is 0.168. The van der Waals surface area contributed by atoms with E-state index in [9.17, 15) is 24.5 Å². The fraction of sp³-hybridized carbons (Fsp3) is 0. The maximum atomic E-state index is 12.8. The molecule has 1 aliphatic heterocycles. The molecule has 0 radical (unpaired) electrons. The molecule has 0 bridgehead atoms. The summed E-state index contributed by atoms with van der Waals surface area (Å²) >= 11 is 0. The zero-order valence-electron chi connectivity index (χ0n) is 15.7. The Morgan fingerprint density at radius 1 is 1.10 bits per heavy atom. The van der Waals surface area contributed by atoms with Gasteiger partial charge in [-0.2, -0.15) is 0 Å². The number of furan rings is 1. The molecule has 31 heavy (non-hydrogen) atoms. The number of carbonyl (C=O) groups excluding carboxylic acids is 3. The van der Waals surface area contributed by atoms with Gasteiger partial charge in [0.2, 0.25) is 5.76 Å². The molecular formula is C21H13N3O7. The van der Waals surface area contributed by atoms with Gasteiger partial charge in [0.1, 0.15) is 11.3 Å². The topological polar surface area (TPSA) is 132 Å². The molecule has 154 valence electrons. The number of carbonyl (C=O) groups is 3. The minimum Gasteiger partial charge on any atom is -0.457 e. The van der Waals surface area contributed by atoms with E-state index in [0.717, 1.165) is 23.2 Å². The molecule has 0 unspecified atom stereocenters. The molecule has 2 amide bonds. The third kappa shape index (κ3) is 3.90. The second kappa shape index (κ2) is 7.95. The number of hydrogen-bond acceptors (Lipinski definition) is 7. The van der Waals surface area contributed by atoms with Crippen LogP contribution in [0.15, 0.2) is 76.9 Å². The Labute approximate surface area is 174 Å². The number of amides is 2. The highest BCUT2D eigenvalue weighted by molar-refractivity contribution is 6.31. The van der Waals surface area contributed by atoms with Gasteiger partial charge < -0.3 is 9.15 Å². The van der Waals surface area contributed by atoms with E-state index < -0.39 is 22.7 Å². The largest absolute Gasteiger partial charge is 0.457 e. The minimum absolute atomic E-state index is 0.00233. The summed E-state index contributed by atoms with van der Waals surface area (Å²) in [6.07, 6.45) is 2.42. The highest BCUT2D eigenvalue weighted by atomic mass is 16.6. The molecule has 0 atom stereocenters. The van der Waals surface area contributed by atoms with Gasteiger partial charge in [-0.25, -0.2) is 9.80 Å². The van der Waals surface area contributed by atoms with Crippen molar-refractivity contribution in [3.05, 3.63) is 93.9 Å². The smallest absolute Gasteiger partial charge is 0.379 e. The number of esters is 1. The van der Waals surface area contributed by atoms with Gasteiger partial charge in [-0.3, -0.25) is 25.1 Å². The lowest BCUT2D eigenvalue weighted by Crippen LogP contribution is -2.35. The highest BCUT2D eigenvalue weighted by Crippen LogP contribution is 2.29. The number of nitrogens with zero attached hydrogens (tertiary/aromatic N) is 2. The van der Waals surface area contributed by atoms with Crippen molar-refractivity contribution < 1.29 is 28.5 Å². The van der Waals surface area contributed by atoms with Crippen molar-refractivity contribution in [2.24, 2.45) is 0 Å². The number of nitrogens with one attached hydrogen (secondary N) is 1. The first-order valence-electron chi connectivity index (χ1n) is 8.90. The zero-order valence-corrected chi connectivity index (χ0v) is 15.7. The summed E-state index contributed by atoms with van der Waals surface area (Å²) in [5, 5.41) is 12.2. The number of benzene rings is 2. The molecule has 1 aromatic heterocycles. The maximum Gasteiger partial charge on any atom is 0.379 e. The van der Waals surface area contributed by atoms with E-state index in [-0.39, 0.29) is 28.3 Å². The van der Waals surface area contributed by atoms with Crippen molar-refractivity contribution in [3.63, 3.8) is 0 Å². The second-order valence-corrected chi connectivity index (χ2v) is 6.32. The van der Waals surface area contributed by atoms with E-state index in [4.69, 9.17) is 9.15 Å². The van der Waals surface area contributed by atoms with E-state index in [1.807, 2.05) is 0 Å². The minimum atomic E-state index is -0.841. The van der Waals surface area contributed by atoms with Crippen LogP contribution in [0.5, 0.6) is 5.75 Å². The lowest BCUT2D eigenvalue weighted by Gasteiger charge is -2.13. The Bertz CT molecular complexity index is 1220. The Balaban J connectivity index is 1.72. The molecule has 3 aromatic rings. The molecule has 2 heterocycles. The Hall–Kier alpha value is -4.73. The van der Waals surface area contributed by atoms with Gasteiger partial charge in [0.25, 0.3) is 17.5 Å². The van der Waals surface area contributed by atoms with Gasteiger partial charge >= 0.3 is 5.97 Å². The summed E-state index contributed by atoms with van der Waals surface area (Å²) in [6, 6.07) is 14.7. The van der Waals surface area contributed by atoms with Crippen LogP contribution in [-0.2, 0) is 9.59 Å². The molecule has 4 rings (SSSR count). The fourth-order valence-electron chi connectivity index (χ4n) is 2.87. The Morgan fingerprint density at radius 3 is 2.55 bits per heavy atom. The number of ether oxygens (including phenoxy) is 1. The average Bonchev–Trinajstić information content (AvgIpc) is 3.40. The number of nitro groups is 1. The van der Waals surface area contributed by atoms with Crippen molar-refractivity contribution >= 4 is 35.2 Å². The predicted molar refractivity (Wildman–Crippen MR) is 107 cm³/mol. The Kier molecular flexibility index (Phi) is 5.02. The van der Waals surface area contributed by atoms with Gasteiger partial charge in [-0.05, 0) is 36.4 Å². The number of non-ortho nitro benzene ring substituents is 1. The van der Waals surface area contributed by atoms with Gasteiger partial charge in [0, 0.05) is 17.7 Å². The van der Waals surface area contributed by atoms with Crippen molar-refractivity contribution in [1.29, 1.82) is 0 Å². The SMILES string of the molecule is O=C1NN(c2ccccc2)C(=O)/C1=C\c1cc([N+](=O)[O-])ccc1OC(=O)c1ccco1. The first-order valence-corrected chi connectivity index (χ1v) is 8.90. The number of rotatable bonds is 5. The zero-order chi connectivity index (χ0) is 22.0. The van der Waals surface area contributed by atoms with Crippen molar-refractivity contribution in [1.82, 2.24) is 5.43 Å². The molecule has 0 saturated carbocycles. The monoisotopic (exact) mass is 419 g/mol. The van der Waals surface area contributed by atoms with E-state index in [0.29, 0.717) is 5.69 Å². The van der Waals surface area contributed by atoms with Crippen LogP contribution in [-0.4, -0.2) is 22.7 Å².